The van der Waals surface area contributed by atoms with Crippen LogP contribution in [0.3, 0.4) is 0 Å². The van der Waals surface area contributed by atoms with Crippen molar-refractivity contribution in [1.29, 1.82) is 0 Å². The molecule has 0 spiro atoms. The van der Waals surface area contributed by atoms with Crippen molar-refractivity contribution in [1.82, 2.24) is 0 Å². The molecule has 0 aliphatic rings. The Morgan fingerprint density at radius 1 is 1.00 bits per heavy atom. The molecule has 0 amide bonds. The molecule has 1 atom stereocenters. The van der Waals surface area contributed by atoms with Crippen molar-refractivity contribution < 1.29 is 23.7 Å². The van der Waals surface area contributed by atoms with E-state index in [-0.39, 0.29) is 19.0 Å². The van der Waals surface area contributed by atoms with E-state index < -0.39 is 12.0 Å². The molecule has 6 nitrogen and oxygen atoms in total. The summed E-state index contributed by atoms with van der Waals surface area (Å²) in [7, 11) is 1.62. The number of rotatable bonds is 12. The van der Waals surface area contributed by atoms with Gasteiger partial charge in [0.2, 0.25) is 0 Å². The maximum Gasteiger partial charge on any atom is 0.323 e. The number of methoxy groups -OCH3 is 1. The van der Waals surface area contributed by atoms with Crippen LogP contribution >= 0.6 is 12.4 Å². The van der Waals surface area contributed by atoms with Crippen LogP contribution in [0.1, 0.15) is 5.56 Å². The van der Waals surface area contributed by atoms with Gasteiger partial charge in [-0.25, -0.2) is 0 Å². The van der Waals surface area contributed by atoms with Crippen LogP contribution in [0.15, 0.2) is 30.3 Å². The molecular weight excluding hydrogens is 322 g/mol. The zero-order valence-corrected chi connectivity index (χ0v) is 14.3. The van der Waals surface area contributed by atoms with Gasteiger partial charge < -0.3 is 24.7 Å². The average Bonchev–Trinajstić information content (AvgIpc) is 2.54. The van der Waals surface area contributed by atoms with E-state index in [1.54, 1.807) is 7.11 Å². The predicted molar refractivity (Wildman–Crippen MR) is 89.8 cm³/mol. The Balaban J connectivity index is 0.00000484. The first-order chi connectivity index (χ1) is 10.7. The fourth-order valence-corrected chi connectivity index (χ4v) is 1.72. The van der Waals surface area contributed by atoms with Crippen LogP contribution in [0, 0.1) is 0 Å². The molecule has 0 unspecified atom stereocenters. The van der Waals surface area contributed by atoms with Crippen LogP contribution in [0.25, 0.3) is 0 Å². The van der Waals surface area contributed by atoms with Crippen LogP contribution in [0.4, 0.5) is 0 Å². The summed E-state index contributed by atoms with van der Waals surface area (Å²) in [6, 6.07) is 8.95. The molecule has 132 valence electrons. The zero-order chi connectivity index (χ0) is 16.0. The van der Waals surface area contributed by atoms with E-state index in [9.17, 15) is 4.79 Å². The maximum atomic E-state index is 11.7. The van der Waals surface area contributed by atoms with Crippen LogP contribution in [-0.4, -0.2) is 58.8 Å². The smallest absolute Gasteiger partial charge is 0.323 e. The van der Waals surface area contributed by atoms with Crippen molar-refractivity contribution in [2.24, 2.45) is 5.73 Å². The van der Waals surface area contributed by atoms with E-state index in [1.807, 2.05) is 30.3 Å². The molecule has 1 aromatic carbocycles. The summed E-state index contributed by atoms with van der Waals surface area (Å²) in [6.45, 7) is 2.58. The molecule has 0 saturated heterocycles. The number of hydrogen-bond donors (Lipinski definition) is 1. The van der Waals surface area contributed by atoms with Crippen LogP contribution in [-0.2, 0) is 30.2 Å². The monoisotopic (exact) mass is 347 g/mol. The van der Waals surface area contributed by atoms with Gasteiger partial charge in [-0.1, -0.05) is 30.3 Å². The number of nitrogens with two attached hydrogens (primary N) is 1. The fourth-order valence-electron chi connectivity index (χ4n) is 1.72. The number of halogens is 1. The summed E-state index contributed by atoms with van der Waals surface area (Å²) < 4.78 is 20.4. The Morgan fingerprint density at radius 2 is 1.57 bits per heavy atom. The quantitative estimate of drug-likeness (QED) is 0.452. The third-order valence-electron chi connectivity index (χ3n) is 2.88. The summed E-state index contributed by atoms with van der Waals surface area (Å²) in [5.41, 5.74) is 6.82. The molecule has 0 aliphatic heterocycles. The van der Waals surface area contributed by atoms with E-state index in [2.05, 4.69) is 0 Å². The van der Waals surface area contributed by atoms with Gasteiger partial charge in [-0.15, -0.1) is 12.4 Å². The summed E-state index contributed by atoms with van der Waals surface area (Å²) in [5, 5.41) is 0. The average molecular weight is 348 g/mol. The van der Waals surface area contributed by atoms with Gasteiger partial charge in [0.1, 0.15) is 12.6 Å². The minimum Gasteiger partial charge on any atom is -0.462 e. The third-order valence-corrected chi connectivity index (χ3v) is 2.88. The lowest BCUT2D eigenvalue weighted by Crippen LogP contribution is -2.35. The molecule has 0 radical (unpaired) electrons. The molecule has 23 heavy (non-hydrogen) atoms. The second-order valence-corrected chi connectivity index (χ2v) is 4.68. The van der Waals surface area contributed by atoms with E-state index in [4.69, 9.17) is 24.7 Å². The summed E-state index contributed by atoms with van der Waals surface area (Å²) in [6.07, 6.45) is 0.466. The second-order valence-electron chi connectivity index (χ2n) is 4.68. The van der Waals surface area contributed by atoms with Crippen molar-refractivity contribution in [3.63, 3.8) is 0 Å². The Morgan fingerprint density at radius 3 is 2.17 bits per heavy atom. The van der Waals surface area contributed by atoms with Crippen molar-refractivity contribution in [2.45, 2.75) is 12.5 Å². The Hall–Kier alpha value is -1.18. The molecular formula is C16H26ClNO5. The summed E-state index contributed by atoms with van der Waals surface area (Å²) in [4.78, 5) is 11.7. The molecule has 1 aromatic rings. The molecule has 1 rings (SSSR count). The molecule has 0 aromatic heterocycles. The number of carbonyl (C=O) groups is 1. The lowest BCUT2D eigenvalue weighted by Gasteiger charge is -2.12. The normalized spacial score (nSPS) is 11.6. The van der Waals surface area contributed by atoms with Crippen molar-refractivity contribution in [3.05, 3.63) is 35.9 Å². The van der Waals surface area contributed by atoms with Gasteiger partial charge in [-0.05, 0) is 12.0 Å². The van der Waals surface area contributed by atoms with E-state index in [1.165, 1.54) is 0 Å². The molecule has 0 aliphatic carbocycles. The van der Waals surface area contributed by atoms with E-state index >= 15 is 0 Å². The molecule has 0 saturated carbocycles. The lowest BCUT2D eigenvalue weighted by atomic mass is 10.1. The lowest BCUT2D eigenvalue weighted by molar-refractivity contribution is -0.146. The highest BCUT2D eigenvalue weighted by molar-refractivity contribution is 5.85. The first-order valence-corrected chi connectivity index (χ1v) is 7.34. The fraction of sp³-hybridized carbons (Fsp3) is 0.562. The highest BCUT2D eigenvalue weighted by Crippen LogP contribution is 2.02. The Bertz CT molecular complexity index is 405. The van der Waals surface area contributed by atoms with Gasteiger partial charge in [0.25, 0.3) is 0 Å². The van der Waals surface area contributed by atoms with Crippen molar-refractivity contribution in [3.8, 4) is 0 Å². The molecule has 0 heterocycles. The van der Waals surface area contributed by atoms with Crippen LogP contribution in [0.5, 0.6) is 0 Å². The minimum atomic E-state index is -0.653. The topological polar surface area (TPSA) is 80.0 Å². The third kappa shape index (κ3) is 11.1. The molecule has 7 heteroatoms. The van der Waals surface area contributed by atoms with Crippen LogP contribution in [0.2, 0.25) is 0 Å². The number of hydrogen-bond acceptors (Lipinski definition) is 6. The number of carbonyl (C=O) groups excluding carboxylic acids is 1. The Labute approximate surface area is 143 Å². The SMILES string of the molecule is COCCOCCOCCOC(=O)[C@@H](N)Cc1ccccc1.Cl. The van der Waals surface area contributed by atoms with Crippen molar-refractivity contribution in [2.75, 3.05) is 46.8 Å². The number of benzene rings is 1. The second kappa shape index (κ2) is 14.4. The predicted octanol–water partition coefficient (Wildman–Crippen LogP) is 1.20. The first kappa shape index (κ1) is 21.8. The largest absolute Gasteiger partial charge is 0.462 e. The highest BCUT2D eigenvalue weighted by Gasteiger charge is 2.15. The molecule has 0 fully saturated rings. The van der Waals surface area contributed by atoms with Gasteiger partial charge in [0, 0.05) is 7.11 Å². The minimum absolute atomic E-state index is 0. The van der Waals surface area contributed by atoms with E-state index in [0.717, 1.165) is 5.56 Å². The van der Waals surface area contributed by atoms with Gasteiger partial charge >= 0.3 is 5.97 Å². The van der Waals surface area contributed by atoms with Gasteiger partial charge in [0.15, 0.2) is 0 Å². The zero-order valence-electron chi connectivity index (χ0n) is 13.4. The van der Waals surface area contributed by atoms with E-state index in [0.29, 0.717) is 39.5 Å². The van der Waals surface area contributed by atoms with Gasteiger partial charge in [-0.2, -0.15) is 0 Å². The summed E-state index contributed by atoms with van der Waals surface area (Å²) in [5.74, 6) is -0.413. The molecule has 0 bridgehead atoms. The summed E-state index contributed by atoms with van der Waals surface area (Å²) >= 11 is 0. The Kier molecular flexibility index (Phi) is 13.7. The number of esters is 1. The van der Waals surface area contributed by atoms with Crippen LogP contribution < -0.4 is 5.73 Å². The standard InChI is InChI=1S/C16H25NO5.ClH/c1-19-7-8-20-9-10-21-11-12-22-16(18)15(17)13-14-5-3-2-4-6-14;/h2-6,15H,7-13,17H2,1H3;1H/t15-;/m0./s1. The highest BCUT2D eigenvalue weighted by atomic mass is 35.5. The first-order valence-electron chi connectivity index (χ1n) is 7.34. The van der Waals surface area contributed by atoms with Crippen molar-refractivity contribution >= 4 is 18.4 Å². The molecule has 2 N–H and O–H groups in total. The van der Waals surface area contributed by atoms with Gasteiger partial charge in [0.05, 0.1) is 33.0 Å². The number of ether oxygens (including phenoxy) is 4. The maximum absolute atomic E-state index is 11.7. The van der Waals surface area contributed by atoms with Gasteiger partial charge in [-0.3, -0.25) is 4.79 Å².